The van der Waals surface area contributed by atoms with E-state index in [1.165, 1.54) is 17.3 Å². The molecule has 0 amide bonds. The Morgan fingerprint density at radius 3 is 2.60 bits per heavy atom. The fourth-order valence-corrected chi connectivity index (χ4v) is 1.16. The van der Waals surface area contributed by atoms with E-state index < -0.39 is 0 Å². The Kier molecular flexibility index (Phi) is 10.3. The summed E-state index contributed by atoms with van der Waals surface area (Å²) in [6.07, 6.45) is 3.73. The summed E-state index contributed by atoms with van der Waals surface area (Å²) >= 11 is 2.39. The van der Waals surface area contributed by atoms with Crippen LogP contribution in [0.1, 0.15) is 19.3 Å². The number of hydrogen-bond donors (Lipinski definition) is 0. The van der Waals surface area contributed by atoms with Crippen molar-refractivity contribution >= 4 is 22.6 Å². The Morgan fingerprint density at radius 1 is 1.20 bits per heavy atom. The van der Waals surface area contributed by atoms with Gasteiger partial charge in [0.2, 0.25) is 0 Å². The van der Waals surface area contributed by atoms with Crippen molar-refractivity contribution in [3.05, 3.63) is 0 Å². The van der Waals surface area contributed by atoms with Gasteiger partial charge in [-0.1, -0.05) is 29.0 Å². The Hall–Kier alpha value is 0.650. The van der Waals surface area contributed by atoms with Crippen LogP contribution in [0.5, 0.6) is 0 Å². The number of ether oxygens (including phenoxy) is 2. The van der Waals surface area contributed by atoms with Gasteiger partial charge in [-0.05, 0) is 17.3 Å². The van der Waals surface area contributed by atoms with Gasteiger partial charge in [0.15, 0.2) is 0 Å². The molecule has 0 saturated carbocycles. The highest BCUT2D eigenvalue weighted by Crippen LogP contribution is 1.98. The largest absolute Gasteiger partial charge is 0.359 e. The van der Waals surface area contributed by atoms with Crippen LogP contribution in [0.2, 0.25) is 0 Å². The van der Waals surface area contributed by atoms with Crippen molar-refractivity contribution in [2.24, 2.45) is 0 Å². The highest BCUT2D eigenvalue weighted by molar-refractivity contribution is 14.1. The topological polar surface area (TPSA) is 18.5 Å². The zero-order valence-corrected chi connectivity index (χ0v) is 8.59. The molecule has 0 atom stereocenters. The molecule has 0 unspecified atom stereocenters. The molecular formula is C7H15IO2. The highest BCUT2D eigenvalue weighted by atomic mass is 127. The zero-order chi connectivity index (χ0) is 7.66. The zero-order valence-electron chi connectivity index (χ0n) is 6.44. The lowest BCUT2D eigenvalue weighted by Gasteiger charge is -2.00. The molecule has 3 heteroatoms. The lowest BCUT2D eigenvalue weighted by atomic mass is 10.3. The number of methoxy groups -OCH3 is 1. The number of alkyl halides is 1. The molecule has 62 valence electrons. The van der Waals surface area contributed by atoms with Gasteiger partial charge in [0.25, 0.3) is 0 Å². The van der Waals surface area contributed by atoms with Gasteiger partial charge < -0.3 is 9.47 Å². The first-order chi connectivity index (χ1) is 4.91. The molecule has 0 saturated heterocycles. The maximum atomic E-state index is 5.10. The van der Waals surface area contributed by atoms with Crippen molar-refractivity contribution in [1.29, 1.82) is 0 Å². The molecule has 2 nitrogen and oxygen atoms in total. The molecule has 0 fully saturated rings. The van der Waals surface area contributed by atoms with Crippen LogP contribution in [-0.2, 0) is 9.47 Å². The lowest BCUT2D eigenvalue weighted by molar-refractivity contribution is -0.0314. The summed E-state index contributed by atoms with van der Waals surface area (Å²) < 4.78 is 11.1. The monoisotopic (exact) mass is 258 g/mol. The van der Waals surface area contributed by atoms with Crippen LogP contribution in [0.25, 0.3) is 0 Å². The number of unbranched alkanes of at least 4 members (excludes halogenated alkanes) is 2. The molecule has 0 aliphatic heterocycles. The van der Waals surface area contributed by atoms with Gasteiger partial charge in [0.05, 0.1) is 0 Å². The Morgan fingerprint density at radius 2 is 2.00 bits per heavy atom. The van der Waals surface area contributed by atoms with E-state index in [0.29, 0.717) is 6.79 Å². The van der Waals surface area contributed by atoms with E-state index in [9.17, 15) is 0 Å². The minimum absolute atomic E-state index is 0.435. The summed E-state index contributed by atoms with van der Waals surface area (Å²) in [6.45, 7) is 1.27. The highest BCUT2D eigenvalue weighted by Gasteiger charge is 1.87. The van der Waals surface area contributed by atoms with Crippen LogP contribution in [0.4, 0.5) is 0 Å². The van der Waals surface area contributed by atoms with Crippen LogP contribution in [0.3, 0.4) is 0 Å². The summed E-state index contributed by atoms with van der Waals surface area (Å²) in [5.41, 5.74) is 0. The Labute approximate surface area is 76.4 Å². The molecule has 0 aliphatic rings. The molecule has 0 rings (SSSR count). The van der Waals surface area contributed by atoms with Gasteiger partial charge in [-0.3, -0.25) is 0 Å². The molecular weight excluding hydrogens is 243 g/mol. The molecule has 0 aromatic carbocycles. The van der Waals surface area contributed by atoms with Crippen LogP contribution in [0.15, 0.2) is 0 Å². The summed E-state index contributed by atoms with van der Waals surface area (Å²) in [6, 6.07) is 0. The first kappa shape index (κ1) is 10.7. The van der Waals surface area contributed by atoms with Gasteiger partial charge in [-0.15, -0.1) is 0 Å². The molecule has 0 aromatic heterocycles. The third-order valence-corrected chi connectivity index (χ3v) is 1.89. The van der Waals surface area contributed by atoms with Crippen LogP contribution in [-0.4, -0.2) is 24.9 Å². The molecule has 0 N–H and O–H groups in total. The number of rotatable bonds is 7. The summed E-state index contributed by atoms with van der Waals surface area (Å²) in [4.78, 5) is 0. The standard InChI is InChI=1S/C7H15IO2/c1-9-7-10-6-4-2-3-5-8/h2-7H2,1H3. The molecule has 0 heterocycles. The van der Waals surface area contributed by atoms with Crippen molar-refractivity contribution in [1.82, 2.24) is 0 Å². The average Bonchev–Trinajstić information content (AvgIpc) is 1.97. The fourth-order valence-electron chi connectivity index (χ4n) is 0.618. The SMILES string of the molecule is COCOCCCCCI. The molecule has 0 aromatic rings. The maximum Gasteiger partial charge on any atom is 0.146 e. The van der Waals surface area contributed by atoms with Crippen LogP contribution >= 0.6 is 22.6 Å². The number of halogens is 1. The molecule has 10 heavy (non-hydrogen) atoms. The van der Waals surface area contributed by atoms with Crippen molar-refractivity contribution in [3.63, 3.8) is 0 Å². The lowest BCUT2D eigenvalue weighted by Crippen LogP contribution is -1.98. The van der Waals surface area contributed by atoms with Crippen LogP contribution in [0, 0.1) is 0 Å². The van der Waals surface area contributed by atoms with E-state index in [4.69, 9.17) is 9.47 Å². The third kappa shape index (κ3) is 8.65. The molecule has 0 aliphatic carbocycles. The van der Waals surface area contributed by atoms with Crippen molar-refractivity contribution in [2.75, 3.05) is 24.9 Å². The Bertz CT molecular complexity index is 51.6. The van der Waals surface area contributed by atoms with Gasteiger partial charge in [-0.25, -0.2) is 0 Å². The second-order valence-electron chi connectivity index (χ2n) is 2.06. The number of hydrogen-bond acceptors (Lipinski definition) is 2. The van der Waals surface area contributed by atoms with E-state index in [0.717, 1.165) is 13.0 Å². The van der Waals surface area contributed by atoms with Gasteiger partial charge >= 0.3 is 0 Å². The van der Waals surface area contributed by atoms with Crippen LogP contribution < -0.4 is 0 Å². The minimum Gasteiger partial charge on any atom is -0.359 e. The normalized spacial score (nSPS) is 10.2. The fraction of sp³-hybridized carbons (Fsp3) is 1.00. The predicted molar refractivity (Wildman–Crippen MR) is 50.6 cm³/mol. The average molecular weight is 258 g/mol. The van der Waals surface area contributed by atoms with Crippen molar-refractivity contribution < 1.29 is 9.47 Å². The predicted octanol–water partition coefficient (Wildman–Crippen LogP) is 2.21. The van der Waals surface area contributed by atoms with Crippen molar-refractivity contribution in [3.8, 4) is 0 Å². The maximum absolute atomic E-state index is 5.10. The van der Waals surface area contributed by atoms with Gasteiger partial charge in [-0.2, -0.15) is 0 Å². The second kappa shape index (κ2) is 9.65. The first-order valence-electron chi connectivity index (χ1n) is 3.54. The molecule has 0 radical (unpaired) electrons. The second-order valence-corrected chi connectivity index (χ2v) is 3.14. The first-order valence-corrected chi connectivity index (χ1v) is 5.07. The molecule has 0 spiro atoms. The summed E-state index contributed by atoms with van der Waals surface area (Å²) in [5, 5.41) is 0. The van der Waals surface area contributed by atoms with Gasteiger partial charge in [0.1, 0.15) is 6.79 Å². The van der Waals surface area contributed by atoms with E-state index in [1.807, 2.05) is 0 Å². The quantitative estimate of drug-likeness (QED) is 0.301. The van der Waals surface area contributed by atoms with E-state index in [1.54, 1.807) is 7.11 Å². The third-order valence-electron chi connectivity index (χ3n) is 1.12. The summed E-state index contributed by atoms with van der Waals surface area (Å²) in [5.74, 6) is 0. The smallest absolute Gasteiger partial charge is 0.146 e. The van der Waals surface area contributed by atoms with Crippen molar-refractivity contribution in [2.45, 2.75) is 19.3 Å². The Balaban J connectivity index is 2.65. The van der Waals surface area contributed by atoms with Gasteiger partial charge in [0, 0.05) is 13.7 Å². The minimum atomic E-state index is 0.435. The van der Waals surface area contributed by atoms with E-state index >= 15 is 0 Å². The van der Waals surface area contributed by atoms with E-state index in [-0.39, 0.29) is 0 Å². The van der Waals surface area contributed by atoms with E-state index in [2.05, 4.69) is 22.6 Å². The molecule has 0 bridgehead atoms. The summed E-state index contributed by atoms with van der Waals surface area (Å²) in [7, 11) is 1.64.